The summed E-state index contributed by atoms with van der Waals surface area (Å²) in [4.78, 5) is 0. The highest BCUT2D eigenvalue weighted by Crippen LogP contribution is 2.38. The molecule has 0 N–H and O–H groups in total. The molecular weight excluding hydrogens is 484 g/mol. The van der Waals surface area contributed by atoms with Crippen LogP contribution in [0.1, 0.15) is 65.5 Å². The van der Waals surface area contributed by atoms with Crippen LogP contribution >= 0.6 is 0 Å². The fourth-order valence-electron chi connectivity index (χ4n) is 5.19. The molecule has 0 radical (unpaired) electrons. The fraction of sp³-hybridized carbons (Fsp3) is 0.231. The highest BCUT2D eigenvalue weighted by atomic mass is 16.3. The fourth-order valence-corrected chi connectivity index (χ4v) is 5.19. The molecule has 0 unspecified atom stereocenters. The Labute approximate surface area is 241 Å². The van der Waals surface area contributed by atoms with E-state index < -0.39 is 0 Å². The van der Waals surface area contributed by atoms with Gasteiger partial charge in [-0.3, -0.25) is 0 Å². The van der Waals surface area contributed by atoms with Gasteiger partial charge < -0.3 is 4.42 Å². The van der Waals surface area contributed by atoms with E-state index in [9.17, 15) is 0 Å². The molecule has 40 heavy (non-hydrogen) atoms. The van der Waals surface area contributed by atoms with Gasteiger partial charge in [-0.05, 0) is 116 Å². The molecule has 0 saturated carbocycles. The number of aryl methyl sites for hydroxylation is 6. The molecule has 0 amide bonds. The topological polar surface area (TPSA) is 13.1 Å². The lowest BCUT2D eigenvalue weighted by molar-refractivity contribution is 0.575. The number of hydrogen-bond donors (Lipinski definition) is 0. The van der Waals surface area contributed by atoms with E-state index in [0.717, 1.165) is 22.5 Å². The molecule has 5 rings (SSSR count). The standard InChI is InChI=1S/C20H20O.C17H18.C2H6/c1-6-16-15(5)21-20-13(3)11-18(14(4)19(16)20)17-10-8-7-9-12(17)2;1-12(2)15-10-9-14(4)17(11-15)16-8-6-5-7-13(16)3;1-2/h6-11H,1H2,2-5H3;5-11H,1H2,2-4H3;1-2H3. The Balaban J connectivity index is 0.000000212. The van der Waals surface area contributed by atoms with E-state index in [4.69, 9.17) is 4.42 Å². The molecule has 1 heterocycles. The van der Waals surface area contributed by atoms with Crippen molar-refractivity contribution in [3.8, 4) is 22.3 Å². The Morgan fingerprint density at radius 3 is 1.70 bits per heavy atom. The monoisotopic (exact) mass is 528 g/mol. The van der Waals surface area contributed by atoms with Crippen molar-refractivity contribution in [2.24, 2.45) is 0 Å². The van der Waals surface area contributed by atoms with Crippen molar-refractivity contribution in [1.82, 2.24) is 0 Å². The zero-order valence-corrected chi connectivity index (χ0v) is 25.8. The summed E-state index contributed by atoms with van der Waals surface area (Å²) >= 11 is 0. The van der Waals surface area contributed by atoms with Gasteiger partial charge in [0.2, 0.25) is 0 Å². The molecule has 1 nitrogen and oxygen atoms in total. The van der Waals surface area contributed by atoms with Crippen LogP contribution in [0.2, 0.25) is 0 Å². The molecule has 0 saturated heterocycles. The van der Waals surface area contributed by atoms with Gasteiger partial charge in [0.15, 0.2) is 0 Å². The van der Waals surface area contributed by atoms with Gasteiger partial charge in [0.1, 0.15) is 11.3 Å². The van der Waals surface area contributed by atoms with Gasteiger partial charge in [-0.2, -0.15) is 0 Å². The van der Waals surface area contributed by atoms with Gasteiger partial charge in [-0.25, -0.2) is 0 Å². The minimum Gasteiger partial charge on any atom is -0.460 e. The van der Waals surface area contributed by atoms with Gasteiger partial charge in [0.05, 0.1) is 0 Å². The average Bonchev–Trinajstić information content (AvgIpc) is 3.30. The summed E-state index contributed by atoms with van der Waals surface area (Å²) in [5.74, 6) is 0.938. The van der Waals surface area contributed by atoms with Crippen molar-refractivity contribution in [1.29, 1.82) is 0 Å². The smallest absolute Gasteiger partial charge is 0.138 e. The third kappa shape index (κ3) is 6.20. The molecule has 0 aliphatic carbocycles. The van der Waals surface area contributed by atoms with E-state index in [1.165, 1.54) is 61.0 Å². The Morgan fingerprint density at radius 1 is 0.650 bits per heavy atom. The van der Waals surface area contributed by atoms with Crippen molar-refractivity contribution in [2.75, 3.05) is 0 Å². The first-order chi connectivity index (χ1) is 19.1. The van der Waals surface area contributed by atoms with E-state index in [-0.39, 0.29) is 0 Å². The Hall–Kier alpha value is -4.10. The van der Waals surface area contributed by atoms with Crippen LogP contribution in [0.4, 0.5) is 0 Å². The zero-order valence-electron chi connectivity index (χ0n) is 25.8. The molecule has 0 aliphatic heterocycles. The Morgan fingerprint density at radius 2 is 1.18 bits per heavy atom. The molecule has 0 atom stereocenters. The highest BCUT2D eigenvalue weighted by molar-refractivity contribution is 5.97. The molecule has 1 heteroatoms. The van der Waals surface area contributed by atoms with Crippen LogP contribution in [0.5, 0.6) is 0 Å². The number of hydrogen-bond acceptors (Lipinski definition) is 1. The Bertz CT molecular complexity index is 1660. The molecule has 0 bridgehead atoms. The SMILES string of the molecule is C=C(C)c1ccc(C)c(-c2ccccc2C)c1.C=Cc1c(C)oc2c(C)cc(-c3ccccc3C)c(C)c12.CC. The second-order valence-electron chi connectivity index (χ2n) is 10.3. The van der Waals surface area contributed by atoms with E-state index in [1.54, 1.807) is 0 Å². The number of furan rings is 1. The van der Waals surface area contributed by atoms with Crippen molar-refractivity contribution in [2.45, 2.75) is 62.3 Å². The maximum absolute atomic E-state index is 5.95. The van der Waals surface area contributed by atoms with Crippen LogP contribution in [0.25, 0.3) is 44.9 Å². The first kappa shape index (κ1) is 30.4. The van der Waals surface area contributed by atoms with E-state index >= 15 is 0 Å². The molecule has 1 aromatic heterocycles. The summed E-state index contributed by atoms with van der Waals surface area (Å²) in [6.07, 6.45) is 1.90. The van der Waals surface area contributed by atoms with Gasteiger partial charge in [-0.15, -0.1) is 0 Å². The van der Waals surface area contributed by atoms with Crippen LogP contribution in [-0.2, 0) is 0 Å². The molecule has 0 aliphatic rings. The quantitative estimate of drug-likeness (QED) is 0.226. The number of fused-ring (bicyclic) bond motifs is 1. The summed E-state index contributed by atoms with van der Waals surface area (Å²) in [5.41, 5.74) is 16.0. The van der Waals surface area contributed by atoms with E-state index in [2.05, 4.69) is 121 Å². The summed E-state index contributed by atoms with van der Waals surface area (Å²) < 4.78 is 5.95. The van der Waals surface area contributed by atoms with E-state index in [0.29, 0.717) is 0 Å². The first-order valence-electron chi connectivity index (χ1n) is 14.2. The third-order valence-electron chi connectivity index (χ3n) is 7.43. The van der Waals surface area contributed by atoms with Crippen LogP contribution in [0, 0.1) is 41.5 Å². The third-order valence-corrected chi connectivity index (χ3v) is 7.43. The number of allylic oxidation sites excluding steroid dienone is 1. The second-order valence-corrected chi connectivity index (χ2v) is 10.3. The first-order valence-corrected chi connectivity index (χ1v) is 14.2. The molecule has 4 aromatic carbocycles. The van der Waals surface area contributed by atoms with Crippen LogP contribution < -0.4 is 0 Å². The normalized spacial score (nSPS) is 10.3. The maximum atomic E-state index is 5.95. The molecule has 0 fully saturated rings. The predicted octanol–water partition coefficient (Wildman–Crippen LogP) is 12.0. The maximum Gasteiger partial charge on any atom is 0.138 e. The molecule has 0 spiro atoms. The van der Waals surface area contributed by atoms with Gasteiger partial charge in [-0.1, -0.05) is 99.3 Å². The predicted molar refractivity (Wildman–Crippen MR) is 178 cm³/mol. The number of benzene rings is 4. The molecule has 206 valence electrons. The highest BCUT2D eigenvalue weighted by Gasteiger charge is 2.17. The van der Waals surface area contributed by atoms with Crippen molar-refractivity contribution >= 4 is 22.6 Å². The van der Waals surface area contributed by atoms with Crippen molar-refractivity contribution < 1.29 is 4.42 Å². The largest absolute Gasteiger partial charge is 0.460 e. The minimum atomic E-state index is 0.938. The summed E-state index contributed by atoms with van der Waals surface area (Å²) in [5, 5.41) is 1.20. The summed E-state index contributed by atoms with van der Waals surface area (Å²) in [7, 11) is 0. The molecule has 5 aromatic rings. The minimum absolute atomic E-state index is 0.938. The summed E-state index contributed by atoms with van der Waals surface area (Å²) in [6.45, 7) is 26.8. The van der Waals surface area contributed by atoms with Crippen LogP contribution in [0.15, 0.2) is 90.4 Å². The van der Waals surface area contributed by atoms with Crippen LogP contribution in [0.3, 0.4) is 0 Å². The number of rotatable bonds is 4. The van der Waals surface area contributed by atoms with Crippen molar-refractivity contribution in [3.63, 3.8) is 0 Å². The lowest BCUT2D eigenvalue weighted by Gasteiger charge is -2.12. The lowest BCUT2D eigenvalue weighted by atomic mass is 9.91. The van der Waals surface area contributed by atoms with Gasteiger partial charge in [0, 0.05) is 10.9 Å². The average molecular weight is 529 g/mol. The second kappa shape index (κ2) is 13.3. The molecular formula is C39H44O. The Kier molecular flexibility index (Phi) is 10.1. The van der Waals surface area contributed by atoms with Crippen LogP contribution in [-0.4, -0.2) is 0 Å². The van der Waals surface area contributed by atoms with Gasteiger partial charge >= 0.3 is 0 Å². The zero-order chi connectivity index (χ0) is 29.6. The lowest BCUT2D eigenvalue weighted by Crippen LogP contribution is -1.90. The van der Waals surface area contributed by atoms with Crippen molar-refractivity contribution in [3.05, 3.63) is 131 Å². The summed E-state index contributed by atoms with van der Waals surface area (Å²) in [6, 6.07) is 25.8. The van der Waals surface area contributed by atoms with E-state index in [1.807, 2.05) is 33.8 Å². The van der Waals surface area contributed by atoms with Gasteiger partial charge in [0.25, 0.3) is 0 Å².